The zero-order valence-electron chi connectivity index (χ0n) is 11.2. The number of carboxylic acids is 1. The maximum absolute atomic E-state index is 12.7. The largest absolute Gasteiger partial charge is 0.480 e. The molecule has 3 rings (SSSR count). The molecule has 0 radical (unpaired) electrons. The number of aliphatic carboxylic acids is 1. The first kappa shape index (κ1) is 13.1. The fraction of sp³-hybridized carbons (Fsp3) is 0.467. The van der Waals surface area contributed by atoms with Crippen LogP contribution in [0.5, 0.6) is 0 Å². The number of likely N-dealkylation sites (tertiary alicyclic amines) is 1. The average Bonchev–Trinajstić information content (AvgIpc) is 2.95. The highest BCUT2D eigenvalue weighted by Crippen LogP contribution is 2.29. The molecule has 0 bridgehead atoms. The van der Waals surface area contributed by atoms with E-state index in [4.69, 9.17) is 0 Å². The molecule has 2 atom stereocenters. The van der Waals surface area contributed by atoms with Gasteiger partial charge in [-0.15, -0.1) is 0 Å². The third-order valence-electron chi connectivity index (χ3n) is 4.21. The molecular formula is C15H18N2O3. The molecule has 0 spiro atoms. The van der Waals surface area contributed by atoms with Crippen molar-refractivity contribution in [1.82, 2.24) is 10.2 Å². The second kappa shape index (κ2) is 5.25. The van der Waals surface area contributed by atoms with Gasteiger partial charge in [0.25, 0.3) is 0 Å². The highest BCUT2D eigenvalue weighted by molar-refractivity contribution is 5.89. The smallest absolute Gasteiger partial charge is 0.326 e. The summed E-state index contributed by atoms with van der Waals surface area (Å²) in [5.74, 6) is -1.22. The molecule has 2 N–H and O–H groups in total. The molecule has 1 aromatic carbocycles. The summed E-state index contributed by atoms with van der Waals surface area (Å²) >= 11 is 0. The molecule has 106 valence electrons. The van der Waals surface area contributed by atoms with Gasteiger partial charge in [-0.2, -0.15) is 0 Å². The van der Waals surface area contributed by atoms with Gasteiger partial charge in [-0.05, 0) is 24.0 Å². The molecule has 5 nitrogen and oxygen atoms in total. The van der Waals surface area contributed by atoms with Gasteiger partial charge in [0.2, 0.25) is 5.91 Å². The standard InChI is InChI=1S/C15H18N2O3/c18-14(17-7-3-6-13(17)15(19)20)12-9-16-8-10-4-1-2-5-11(10)12/h1-2,4-5,12-13,16H,3,6-9H2,(H,19,20)/t12?,13-/m0/s1. The number of benzene rings is 1. The Morgan fingerprint density at radius 2 is 2.10 bits per heavy atom. The Hall–Kier alpha value is -1.88. The maximum atomic E-state index is 12.7. The first-order valence-electron chi connectivity index (χ1n) is 7.00. The Kier molecular flexibility index (Phi) is 3.44. The molecule has 1 saturated heterocycles. The topological polar surface area (TPSA) is 69.6 Å². The number of carbonyl (C=O) groups excluding carboxylic acids is 1. The van der Waals surface area contributed by atoms with E-state index in [1.165, 1.54) is 4.90 Å². The number of nitrogens with zero attached hydrogens (tertiary/aromatic N) is 1. The second-order valence-corrected chi connectivity index (χ2v) is 5.41. The zero-order chi connectivity index (χ0) is 14.1. The lowest BCUT2D eigenvalue weighted by Crippen LogP contribution is -2.46. The van der Waals surface area contributed by atoms with Crippen molar-refractivity contribution in [3.63, 3.8) is 0 Å². The molecule has 1 unspecified atom stereocenters. The molecular weight excluding hydrogens is 256 g/mol. The molecule has 0 aliphatic carbocycles. The molecule has 0 saturated carbocycles. The van der Waals surface area contributed by atoms with E-state index in [0.717, 1.165) is 24.1 Å². The van der Waals surface area contributed by atoms with Crippen molar-refractivity contribution in [2.75, 3.05) is 13.1 Å². The predicted octanol–water partition coefficient (Wildman–Crippen LogP) is 0.949. The van der Waals surface area contributed by atoms with Crippen LogP contribution in [-0.4, -0.2) is 41.0 Å². The van der Waals surface area contributed by atoms with Crippen molar-refractivity contribution in [1.29, 1.82) is 0 Å². The van der Waals surface area contributed by atoms with Crippen LogP contribution in [0.4, 0.5) is 0 Å². The highest BCUT2D eigenvalue weighted by Gasteiger charge is 2.38. The summed E-state index contributed by atoms with van der Waals surface area (Å²) in [6, 6.07) is 7.23. The summed E-state index contributed by atoms with van der Waals surface area (Å²) in [7, 11) is 0. The van der Waals surface area contributed by atoms with E-state index in [0.29, 0.717) is 19.5 Å². The van der Waals surface area contributed by atoms with E-state index < -0.39 is 12.0 Å². The summed E-state index contributed by atoms with van der Waals surface area (Å²) in [6.45, 7) is 1.90. The van der Waals surface area contributed by atoms with Crippen LogP contribution in [0.3, 0.4) is 0 Å². The lowest BCUT2D eigenvalue weighted by molar-refractivity contribution is -0.148. The fourth-order valence-electron chi connectivity index (χ4n) is 3.20. The van der Waals surface area contributed by atoms with Gasteiger partial charge in [-0.1, -0.05) is 24.3 Å². The SMILES string of the molecule is O=C(O)[C@@H]1CCCN1C(=O)C1CNCc2ccccc21. The normalized spacial score (nSPS) is 25.3. The molecule has 0 aromatic heterocycles. The number of carboxylic acid groups (broad SMARTS) is 1. The lowest BCUT2D eigenvalue weighted by atomic mass is 9.89. The zero-order valence-corrected chi connectivity index (χ0v) is 11.2. The molecule has 5 heteroatoms. The molecule has 1 amide bonds. The van der Waals surface area contributed by atoms with Gasteiger partial charge >= 0.3 is 5.97 Å². The van der Waals surface area contributed by atoms with Crippen LogP contribution in [0.25, 0.3) is 0 Å². The van der Waals surface area contributed by atoms with E-state index in [1.807, 2.05) is 24.3 Å². The Morgan fingerprint density at radius 1 is 1.30 bits per heavy atom. The van der Waals surface area contributed by atoms with Crippen molar-refractivity contribution < 1.29 is 14.7 Å². The second-order valence-electron chi connectivity index (χ2n) is 5.41. The quantitative estimate of drug-likeness (QED) is 0.842. The summed E-state index contributed by atoms with van der Waals surface area (Å²) in [4.78, 5) is 25.5. The minimum atomic E-state index is -0.895. The number of fused-ring (bicyclic) bond motifs is 1. The Morgan fingerprint density at radius 3 is 2.90 bits per heavy atom. The Balaban J connectivity index is 1.87. The Bertz CT molecular complexity index is 544. The minimum absolute atomic E-state index is 0.0606. The maximum Gasteiger partial charge on any atom is 0.326 e. The molecule has 2 aliphatic rings. The molecule has 2 heterocycles. The lowest BCUT2D eigenvalue weighted by Gasteiger charge is -2.31. The van der Waals surface area contributed by atoms with E-state index in [9.17, 15) is 14.7 Å². The summed E-state index contributed by atoms with van der Waals surface area (Å²) in [6.07, 6.45) is 1.33. The van der Waals surface area contributed by atoms with Crippen LogP contribution in [0.15, 0.2) is 24.3 Å². The number of nitrogens with one attached hydrogen (secondary N) is 1. The van der Waals surface area contributed by atoms with Gasteiger partial charge in [0, 0.05) is 19.6 Å². The van der Waals surface area contributed by atoms with E-state index in [1.54, 1.807) is 0 Å². The third kappa shape index (κ3) is 2.18. The van der Waals surface area contributed by atoms with Crippen LogP contribution in [0.1, 0.15) is 29.9 Å². The van der Waals surface area contributed by atoms with Gasteiger partial charge in [0.1, 0.15) is 6.04 Å². The van der Waals surface area contributed by atoms with Gasteiger partial charge in [-0.3, -0.25) is 4.79 Å². The highest BCUT2D eigenvalue weighted by atomic mass is 16.4. The number of rotatable bonds is 2. The predicted molar refractivity (Wildman–Crippen MR) is 73.3 cm³/mol. The monoisotopic (exact) mass is 274 g/mol. The fourth-order valence-corrected chi connectivity index (χ4v) is 3.20. The number of hydrogen-bond acceptors (Lipinski definition) is 3. The first-order chi connectivity index (χ1) is 9.68. The molecule has 1 fully saturated rings. The van der Waals surface area contributed by atoms with Gasteiger partial charge < -0.3 is 15.3 Å². The van der Waals surface area contributed by atoms with Crippen molar-refractivity contribution in [3.8, 4) is 0 Å². The number of carbonyl (C=O) groups is 2. The number of amides is 1. The van der Waals surface area contributed by atoms with Crippen LogP contribution in [0, 0.1) is 0 Å². The Labute approximate surface area is 117 Å². The van der Waals surface area contributed by atoms with E-state index in [-0.39, 0.29) is 11.8 Å². The molecule has 2 aliphatic heterocycles. The van der Waals surface area contributed by atoms with E-state index >= 15 is 0 Å². The van der Waals surface area contributed by atoms with Gasteiger partial charge in [0.05, 0.1) is 5.92 Å². The minimum Gasteiger partial charge on any atom is -0.480 e. The van der Waals surface area contributed by atoms with Crippen LogP contribution in [0.2, 0.25) is 0 Å². The van der Waals surface area contributed by atoms with Crippen molar-refractivity contribution in [3.05, 3.63) is 35.4 Å². The van der Waals surface area contributed by atoms with Gasteiger partial charge in [0.15, 0.2) is 0 Å². The first-order valence-corrected chi connectivity index (χ1v) is 7.00. The van der Waals surface area contributed by atoms with Crippen LogP contribution < -0.4 is 5.32 Å². The van der Waals surface area contributed by atoms with Crippen molar-refractivity contribution >= 4 is 11.9 Å². The van der Waals surface area contributed by atoms with Crippen molar-refractivity contribution in [2.24, 2.45) is 0 Å². The van der Waals surface area contributed by atoms with Crippen molar-refractivity contribution in [2.45, 2.75) is 31.3 Å². The third-order valence-corrected chi connectivity index (χ3v) is 4.21. The summed E-state index contributed by atoms with van der Waals surface area (Å²) in [5, 5.41) is 12.5. The van der Waals surface area contributed by atoms with Crippen LogP contribution >= 0.6 is 0 Å². The van der Waals surface area contributed by atoms with Gasteiger partial charge in [-0.25, -0.2) is 4.79 Å². The number of hydrogen-bond donors (Lipinski definition) is 2. The average molecular weight is 274 g/mol. The molecule has 20 heavy (non-hydrogen) atoms. The summed E-state index contributed by atoms with van der Waals surface area (Å²) < 4.78 is 0. The summed E-state index contributed by atoms with van der Waals surface area (Å²) in [5.41, 5.74) is 2.16. The molecule has 1 aromatic rings. The van der Waals surface area contributed by atoms with E-state index in [2.05, 4.69) is 5.32 Å². The van der Waals surface area contributed by atoms with Crippen LogP contribution in [-0.2, 0) is 16.1 Å².